The number of esters is 1. The molecule has 2 aromatic carbocycles. The summed E-state index contributed by atoms with van der Waals surface area (Å²) in [7, 11) is 0. The van der Waals surface area contributed by atoms with Gasteiger partial charge in [-0.05, 0) is 17.7 Å². The molecule has 0 spiro atoms. The zero-order valence-corrected chi connectivity index (χ0v) is 11.0. The van der Waals surface area contributed by atoms with Crippen molar-refractivity contribution in [2.75, 3.05) is 6.61 Å². The average Bonchev–Trinajstić information content (AvgIpc) is 2.96. The second-order valence-corrected chi connectivity index (χ2v) is 4.27. The highest BCUT2D eigenvalue weighted by molar-refractivity contribution is 6.01. The molecule has 0 saturated carbocycles. The molecule has 3 rings (SSSR count). The fraction of sp³-hybridized carbons (Fsp3) is 0.133. The van der Waals surface area contributed by atoms with E-state index in [1.165, 1.54) is 0 Å². The van der Waals surface area contributed by atoms with E-state index in [9.17, 15) is 4.79 Å². The number of hydrogen-bond acceptors (Lipinski definition) is 4. The van der Waals surface area contributed by atoms with E-state index >= 15 is 0 Å². The second-order valence-electron chi connectivity index (χ2n) is 4.27. The highest BCUT2D eigenvalue weighted by Crippen LogP contribution is 2.28. The molecule has 0 atom stereocenters. The second kappa shape index (κ2) is 5.13. The molecule has 0 bridgehead atoms. The molecule has 0 unspecified atom stereocenters. The van der Waals surface area contributed by atoms with Gasteiger partial charge in [-0.2, -0.15) is 10.3 Å². The standard InChI is InChI=1S/C15H13N3O2/c1-2-20-15(19)14-13(16-18-17-14)12-9-5-7-10-6-3-4-8-11(10)12/h3-9H,2H2,1H3,(H,16,17,18). The Morgan fingerprint density at radius 3 is 2.80 bits per heavy atom. The maximum atomic E-state index is 11.9. The number of benzene rings is 2. The first-order valence-electron chi connectivity index (χ1n) is 6.37. The van der Waals surface area contributed by atoms with Crippen molar-refractivity contribution in [2.45, 2.75) is 6.92 Å². The van der Waals surface area contributed by atoms with Crippen LogP contribution in [0.1, 0.15) is 17.4 Å². The van der Waals surface area contributed by atoms with E-state index in [1.54, 1.807) is 6.92 Å². The smallest absolute Gasteiger partial charge is 0.361 e. The molecule has 1 aromatic heterocycles. The van der Waals surface area contributed by atoms with Crippen LogP contribution in [0.2, 0.25) is 0 Å². The van der Waals surface area contributed by atoms with Crippen molar-refractivity contribution in [1.82, 2.24) is 15.4 Å². The number of fused-ring (bicyclic) bond motifs is 1. The zero-order chi connectivity index (χ0) is 13.9. The lowest BCUT2D eigenvalue weighted by Crippen LogP contribution is -2.06. The van der Waals surface area contributed by atoms with Crippen LogP contribution in [-0.4, -0.2) is 28.0 Å². The quantitative estimate of drug-likeness (QED) is 0.741. The van der Waals surface area contributed by atoms with E-state index in [0.29, 0.717) is 12.3 Å². The summed E-state index contributed by atoms with van der Waals surface area (Å²) in [5, 5.41) is 12.6. The number of nitrogens with one attached hydrogen (secondary N) is 1. The summed E-state index contributed by atoms with van der Waals surface area (Å²) in [6, 6.07) is 13.8. The third kappa shape index (κ3) is 2.03. The van der Waals surface area contributed by atoms with Crippen molar-refractivity contribution in [3.8, 4) is 11.3 Å². The molecule has 20 heavy (non-hydrogen) atoms. The van der Waals surface area contributed by atoms with Gasteiger partial charge in [-0.3, -0.25) is 0 Å². The minimum Gasteiger partial charge on any atom is -0.461 e. The number of carbonyl (C=O) groups is 1. The molecule has 5 nitrogen and oxygen atoms in total. The molecule has 0 amide bonds. The molecule has 100 valence electrons. The molecule has 0 saturated heterocycles. The molecule has 5 heteroatoms. The van der Waals surface area contributed by atoms with Gasteiger partial charge < -0.3 is 4.74 Å². The fourth-order valence-electron chi connectivity index (χ4n) is 2.19. The summed E-state index contributed by atoms with van der Waals surface area (Å²) in [6.07, 6.45) is 0. The van der Waals surface area contributed by atoms with E-state index in [0.717, 1.165) is 16.3 Å². The number of hydrogen-bond donors (Lipinski definition) is 1. The van der Waals surface area contributed by atoms with E-state index < -0.39 is 5.97 Å². The summed E-state index contributed by atoms with van der Waals surface area (Å²) >= 11 is 0. The van der Waals surface area contributed by atoms with Crippen LogP contribution in [0.5, 0.6) is 0 Å². The van der Waals surface area contributed by atoms with Crippen LogP contribution in [0.3, 0.4) is 0 Å². The largest absolute Gasteiger partial charge is 0.461 e. The molecule has 1 N–H and O–H groups in total. The molecule has 0 fully saturated rings. The van der Waals surface area contributed by atoms with Crippen LogP contribution in [0.15, 0.2) is 42.5 Å². The van der Waals surface area contributed by atoms with Gasteiger partial charge in [-0.15, -0.1) is 5.10 Å². The van der Waals surface area contributed by atoms with E-state index in [-0.39, 0.29) is 5.69 Å². The molecule has 0 aliphatic rings. The zero-order valence-electron chi connectivity index (χ0n) is 11.0. The van der Waals surface area contributed by atoms with Gasteiger partial charge >= 0.3 is 5.97 Å². The van der Waals surface area contributed by atoms with Crippen molar-refractivity contribution in [1.29, 1.82) is 0 Å². The van der Waals surface area contributed by atoms with Crippen LogP contribution in [0.4, 0.5) is 0 Å². The summed E-state index contributed by atoms with van der Waals surface area (Å²) in [4.78, 5) is 11.9. The third-order valence-electron chi connectivity index (χ3n) is 3.06. The molecular formula is C15H13N3O2. The normalized spacial score (nSPS) is 10.7. The Kier molecular flexibility index (Phi) is 3.16. The predicted octanol–water partition coefficient (Wildman–Crippen LogP) is 2.80. The monoisotopic (exact) mass is 267 g/mol. The summed E-state index contributed by atoms with van der Waals surface area (Å²) in [5.74, 6) is -0.468. The maximum absolute atomic E-state index is 11.9. The van der Waals surface area contributed by atoms with Crippen molar-refractivity contribution >= 4 is 16.7 Å². The number of carbonyl (C=O) groups excluding carboxylic acids is 1. The number of H-pyrrole nitrogens is 1. The SMILES string of the molecule is CCOC(=O)c1n[nH]nc1-c1cccc2ccccc12. The Morgan fingerprint density at radius 1 is 1.15 bits per heavy atom. The summed E-state index contributed by atoms with van der Waals surface area (Å²) < 4.78 is 5.00. The highest BCUT2D eigenvalue weighted by Gasteiger charge is 2.20. The van der Waals surface area contributed by atoms with Crippen molar-refractivity contribution < 1.29 is 9.53 Å². The lowest BCUT2D eigenvalue weighted by Gasteiger charge is -2.05. The van der Waals surface area contributed by atoms with Gasteiger partial charge in [0.25, 0.3) is 0 Å². The van der Waals surface area contributed by atoms with Gasteiger partial charge in [0, 0.05) is 5.56 Å². The molecule has 1 heterocycles. The van der Waals surface area contributed by atoms with E-state index in [1.807, 2.05) is 42.5 Å². The minimum atomic E-state index is -0.468. The molecule has 0 radical (unpaired) electrons. The van der Waals surface area contributed by atoms with Gasteiger partial charge in [0.1, 0.15) is 5.69 Å². The van der Waals surface area contributed by atoms with Gasteiger partial charge in [-0.1, -0.05) is 42.5 Å². The van der Waals surface area contributed by atoms with E-state index in [2.05, 4.69) is 15.4 Å². The molecular weight excluding hydrogens is 254 g/mol. The van der Waals surface area contributed by atoms with Crippen LogP contribution < -0.4 is 0 Å². The number of nitrogens with zero attached hydrogens (tertiary/aromatic N) is 2. The van der Waals surface area contributed by atoms with E-state index in [4.69, 9.17) is 4.74 Å². The lowest BCUT2D eigenvalue weighted by atomic mass is 10.0. The minimum absolute atomic E-state index is 0.211. The van der Waals surface area contributed by atoms with Crippen LogP contribution in [-0.2, 0) is 4.74 Å². The Balaban J connectivity index is 2.17. The number of aromatic nitrogens is 3. The third-order valence-corrected chi connectivity index (χ3v) is 3.06. The first-order chi connectivity index (χ1) is 9.81. The van der Waals surface area contributed by atoms with Crippen molar-refractivity contribution in [3.63, 3.8) is 0 Å². The topological polar surface area (TPSA) is 67.9 Å². The number of aromatic amines is 1. The van der Waals surface area contributed by atoms with Crippen LogP contribution in [0, 0.1) is 0 Å². The van der Waals surface area contributed by atoms with Gasteiger partial charge in [-0.25, -0.2) is 4.79 Å². The van der Waals surface area contributed by atoms with Gasteiger partial charge in [0.15, 0.2) is 5.69 Å². The number of rotatable bonds is 3. The fourth-order valence-corrected chi connectivity index (χ4v) is 2.19. The Hall–Kier alpha value is -2.69. The first-order valence-corrected chi connectivity index (χ1v) is 6.37. The van der Waals surface area contributed by atoms with Gasteiger partial charge in [0.05, 0.1) is 6.61 Å². The Labute approximate surface area is 115 Å². The van der Waals surface area contributed by atoms with Crippen molar-refractivity contribution in [3.05, 3.63) is 48.2 Å². The molecule has 3 aromatic rings. The van der Waals surface area contributed by atoms with Crippen LogP contribution >= 0.6 is 0 Å². The average molecular weight is 267 g/mol. The summed E-state index contributed by atoms with van der Waals surface area (Å²) in [5.41, 5.74) is 1.59. The highest BCUT2D eigenvalue weighted by atomic mass is 16.5. The molecule has 0 aliphatic carbocycles. The Bertz CT molecular complexity index is 759. The first kappa shape index (κ1) is 12.3. The molecule has 0 aliphatic heterocycles. The number of ether oxygens (including phenoxy) is 1. The Morgan fingerprint density at radius 2 is 1.95 bits per heavy atom. The predicted molar refractivity (Wildman–Crippen MR) is 75.3 cm³/mol. The lowest BCUT2D eigenvalue weighted by molar-refractivity contribution is 0.0520. The van der Waals surface area contributed by atoms with Crippen molar-refractivity contribution in [2.24, 2.45) is 0 Å². The summed E-state index contributed by atoms with van der Waals surface area (Å²) in [6.45, 7) is 2.07. The van der Waals surface area contributed by atoms with Crippen LogP contribution in [0.25, 0.3) is 22.0 Å². The maximum Gasteiger partial charge on any atom is 0.361 e. The van der Waals surface area contributed by atoms with Gasteiger partial charge in [0.2, 0.25) is 0 Å².